The first-order chi connectivity index (χ1) is 9.34. The summed E-state index contributed by atoms with van der Waals surface area (Å²) in [5, 5.41) is 3.29. The molecule has 2 aliphatic rings. The molecule has 1 aliphatic carbocycles. The van der Waals surface area contributed by atoms with Crippen LogP contribution in [0.5, 0.6) is 0 Å². The standard InChI is InChI=1S/C15H21N3O.ClH/c19-15(11-17-10-12-3-4-12)18-9-1-2-14(18)13-5-7-16-8-6-13;/h5-8,12,14,17H,1-4,9-11H2;1H. The number of aromatic nitrogens is 1. The number of amides is 1. The number of nitrogens with one attached hydrogen (secondary N) is 1. The molecule has 1 atom stereocenters. The number of rotatable bonds is 5. The van der Waals surface area contributed by atoms with E-state index in [1.165, 1.54) is 18.4 Å². The van der Waals surface area contributed by atoms with Gasteiger partial charge in [-0.25, -0.2) is 0 Å². The summed E-state index contributed by atoms with van der Waals surface area (Å²) in [7, 11) is 0. The lowest BCUT2D eigenvalue weighted by Gasteiger charge is -2.25. The lowest BCUT2D eigenvalue weighted by molar-refractivity contribution is -0.131. The van der Waals surface area contributed by atoms with Crippen molar-refractivity contribution in [1.82, 2.24) is 15.2 Å². The maximum atomic E-state index is 12.3. The highest BCUT2D eigenvalue weighted by atomic mass is 35.5. The van der Waals surface area contributed by atoms with E-state index in [0.29, 0.717) is 6.54 Å². The number of pyridine rings is 1. The van der Waals surface area contributed by atoms with E-state index in [1.54, 1.807) is 0 Å². The van der Waals surface area contributed by atoms with Gasteiger partial charge in [0.1, 0.15) is 0 Å². The van der Waals surface area contributed by atoms with Crippen molar-refractivity contribution in [3.8, 4) is 0 Å². The van der Waals surface area contributed by atoms with Crippen LogP contribution in [-0.2, 0) is 4.79 Å². The molecule has 2 heterocycles. The first-order valence-electron chi connectivity index (χ1n) is 7.24. The molecule has 1 unspecified atom stereocenters. The minimum absolute atomic E-state index is 0. The van der Waals surface area contributed by atoms with Gasteiger partial charge in [0, 0.05) is 18.9 Å². The van der Waals surface area contributed by atoms with Crippen LogP contribution in [0.1, 0.15) is 37.3 Å². The lowest BCUT2D eigenvalue weighted by atomic mass is 10.1. The van der Waals surface area contributed by atoms with Crippen LogP contribution >= 0.6 is 12.4 Å². The van der Waals surface area contributed by atoms with Gasteiger partial charge in [-0.05, 0) is 55.8 Å². The van der Waals surface area contributed by atoms with Crippen molar-refractivity contribution in [3.05, 3.63) is 30.1 Å². The van der Waals surface area contributed by atoms with Crippen molar-refractivity contribution in [3.63, 3.8) is 0 Å². The molecule has 1 aromatic rings. The Kier molecular flexibility index (Phi) is 5.38. The Hall–Kier alpha value is -1.13. The number of likely N-dealkylation sites (tertiary alicyclic amines) is 1. The molecular formula is C15H22ClN3O. The normalized spacial score (nSPS) is 21.6. The quantitative estimate of drug-likeness (QED) is 0.905. The Balaban J connectivity index is 0.00000147. The highest BCUT2D eigenvalue weighted by Gasteiger charge is 2.29. The van der Waals surface area contributed by atoms with Gasteiger partial charge in [0.2, 0.25) is 5.91 Å². The summed E-state index contributed by atoms with van der Waals surface area (Å²) >= 11 is 0. The van der Waals surface area contributed by atoms with Crippen LogP contribution in [0, 0.1) is 5.92 Å². The highest BCUT2D eigenvalue weighted by Crippen LogP contribution is 2.31. The van der Waals surface area contributed by atoms with Gasteiger partial charge in [-0.2, -0.15) is 0 Å². The zero-order chi connectivity index (χ0) is 13.1. The number of carbonyl (C=O) groups is 1. The molecule has 2 fully saturated rings. The van der Waals surface area contributed by atoms with Gasteiger partial charge in [-0.15, -0.1) is 12.4 Å². The maximum Gasteiger partial charge on any atom is 0.237 e. The van der Waals surface area contributed by atoms with Gasteiger partial charge in [0.15, 0.2) is 0 Å². The molecule has 0 bridgehead atoms. The van der Waals surface area contributed by atoms with Gasteiger partial charge in [0.05, 0.1) is 12.6 Å². The summed E-state index contributed by atoms with van der Waals surface area (Å²) in [6.07, 6.45) is 8.43. The second-order valence-corrected chi connectivity index (χ2v) is 5.60. The summed E-state index contributed by atoms with van der Waals surface area (Å²) in [5.41, 5.74) is 1.21. The summed E-state index contributed by atoms with van der Waals surface area (Å²) in [5.74, 6) is 1.06. The number of halogens is 1. The van der Waals surface area contributed by atoms with Crippen LogP contribution in [0.25, 0.3) is 0 Å². The molecule has 3 rings (SSSR count). The van der Waals surface area contributed by atoms with Crippen molar-refractivity contribution in [1.29, 1.82) is 0 Å². The molecule has 0 aromatic carbocycles. The number of carbonyl (C=O) groups excluding carboxylic acids is 1. The zero-order valence-electron chi connectivity index (χ0n) is 11.6. The Labute approximate surface area is 126 Å². The van der Waals surface area contributed by atoms with E-state index in [4.69, 9.17) is 0 Å². The maximum absolute atomic E-state index is 12.3. The number of nitrogens with zero attached hydrogens (tertiary/aromatic N) is 2. The van der Waals surface area contributed by atoms with Crippen molar-refractivity contribution >= 4 is 18.3 Å². The fourth-order valence-electron chi connectivity index (χ4n) is 2.80. The molecule has 1 N–H and O–H groups in total. The van der Waals surface area contributed by atoms with Crippen molar-refractivity contribution in [2.24, 2.45) is 5.92 Å². The molecule has 1 aliphatic heterocycles. The van der Waals surface area contributed by atoms with E-state index in [-0.39, 0.29) is 24.4 Å². The predicted octanol–water partition coefficient (Wildman–Crippen LogP) is 2.17. The van der Waals surface area contributed by atoms with Crippen LogP contribution in [0.3, 0.4) is 0 Å². The molecule has 1 saturated heterocycles. The van der Waals surface area contributed by atoms with Gasteiger partial charge >= 0.3 is 0 Å². The second-order valence-electron chi connectivity index (χ2n) is 5.60. The van der Waals surface area contributed by atoms with Crippen LogP contribution in [0.2, 0.25) is 0 Å². The molecule has 5 heteroatoms. The van der Waals surface area contributed by atoms with Gasteiger partial charge in [0.25, 0.3) is 0 Å². The number of hydrogen-bond donors (Lipinski definition) is 1. The summed E-state index contributed by atoms with van der Waals surface area (Å²) < 4.78 is 0. The molecule has 1 saturated carbocycles. The fraction of sp³-hybridized carbons (Fsp3) is 0.600. The Bertz CT molecular complexity index is 436. The Morgan fingerprint density at radius 2 is 2.05 bits per heavy atom. The van der Waals surface area contributed by atoms with Crippen molar-refractivity contribution in [2.75, 3.05) is 19.6 Å². The molecule has 0 spiro atoms. The van der Waals surface area contributed by atoms with Gasteiger partial charge in [-0.3, -0.25) is 9.78 Å². The third kappa shape index (κ3) is 3.70. The van der Waals surface area contributed by atoms with Crippen LogP contribution < -0.4 is 5.32 Å². The average molecular weight is 296 g/mol. The number of hydrogen-bond acceptors (Lipinski definition) is 3. The first kappa shape index (κ1) is 15.3. The minimum Gasteiger partial charge on any atom is -0.335 e. The second kappa shape index (κ2) is 7.04. The fourth-order valence-corrected chi connectivity index (χ4v) is 2.80. The van der Waals surface area contributed by atoms with Gasteiger partial charge < -0.3 is 10.2 Å². The monoisotopic (exact) mass is 295 g/mol. The first-order valence-corrected chi connectivity index (χ1v) is 7.24. The third-order valence-corrected chi connectivity index (χ3v) is 4.07. The third-order valence-electron chi connectivity index (χ3n) is 4.07. The largest absolute Gasteiger partial charge is 0.335 e. The lowest BCUT2D eigenvalue weighted by Crippen LogP contribution is -2.38. The molecule has 0 radical (unpaired) electrons. The topological polar surface area (TPSA) is 45.2 Å². The minimum atomic E-state index is 0. The summed E-state index contributed by atoms with van der Waals surface area (Å²) in [6.45, 7) is 2.37. The molecule has 4 nitrogen and oxygen atoms in total. The zero-order valence-corrected chi connectivity index (χ0v) is 12.4. The SMILES string of the molecule is Cl.O=C(CNCC1CC1)N1CCCC1c1ccncc1. The highest BCUT2D eigenvalue weighted by molar-refractivity contribution is 5.85. The van der Waals surface area contributed by atoms with E-state index in [2.05, 4.69) is 10.3 Å². The van der Waals surface area contributed by atoms with E-state index in [1.807, 2.05) is 29.4 Å². The molecule has 110 valence electrons. The molecule has 1 amide bonds. The Morgan fingerprint density at radius 3 is 2.75 bits per heavy atom. The predicted molar refractivity (Wildman–Crippen MR) is 80.8 cm³/mol. The Morgan fingerprint density at radius 1 is 1.30 bits per heavy atom. The van der Waals surface area contributed by atoms with Crippen LogP contribution in [0.4, 0.5) is 0 Å². The molecular weight excluding hydrogens is 274 g/mol. The molecule has 1 aromatic heterocycles. The van der Waals surface area contributed by atoms with E-state index >= 15 is 0 Å². The van der Waals surface area contributed by atoms with E-state index < -0.39 is 0 Å². The molecule has 20 heavy (non-hydrogen) atoms. The van der Waals surface area contributed by atoms with Gasteiger partial charge in [-0.1, -0.05) is 0 Å². The van der Waals surface area contributed by atoms with E-state index in [0.717, 1.165) is 31.8 Å². The smallest absolute Gasteiger partial charge is 0.237 e. The average Bonchev–Trinajstić information content (AvgIpc) is 3.13. The van der Waals surface area contributed by atoms with Crippen molar-refractivity contribution < 1.29 is 4.79 Å². The van der Waals surface area contributed by atoms with Crippen LogP contribution in [-0.4, -0.2) is 35.4 Å². The van der Waals surface area contributed by atoms with Crippen LogP contribution in [0.15, 0.2) is 24.5 Å². The van der Waals surface area contributed by atoms with E-state index in [9.17, 15) is 4.79 Å². The van der Waals surface area contributed by atoms with Crippen molar-refractivity contribution in [2.45, 2.75) is 31.7 Å². The summed E-state index contributed by atoms with van der Waals surface area (Å²) in [4.78, 5) is 18.3. The summed E-state index contributed by atoms with van der Waals surface area (Å²) in [6, 6.07) is 4.29.